The number of hydrogen-bond acceptors (Lipinski definition) is 18. The van der Waals surface area contributed by atoms with Gasteiger partial charge in [0, 0.05) is 149 Å². The predicted molar refractivity (Wildman–Crippen MR) is 334 cm³/mol. The van der Waals surface area contributed by atoms with E-state index in [2.05, 4.69) is 129 Å². The van der Waals surface area contributed by atoms with Gasteiger partial charge in [-0.25, -0.2) is 9.97 Å². The first-order chi connectivity index (χ1) is 41.7. The molecule has 2 aliphatic carbocycles. The summed E-state index contributed by atoms with van der Waals surface area (Å²) in [6.45, 7) is 0. The van der Waals surface area contributed by atoms with Crippen LogP contribution in [0, 0.1) is 0 Å². The zero-order valence-electron chi connectivity index (χ0n) is 45.6. The van der Waals surface area contributed by atoms with Crippen molar-refractivity contribution in [2.45, 2.75) is 24.2 Å². The summed E-state index contributed by atoms with van der Waals surface area (Å²) < 4.78 is 16.4. The van der Waals surface area contributed by atoms with Gasteiger partial charge in [-0.05, 0) is 78.8 Å². The van der Waals surface area contributed by atoms with Gasteiger partial charge in [-0.3, -0.25) is 45.1 Å². The van der Waals surface area contributed by atoms with Gasteiger partial charge in [0.15, 0.2) is 0 Å². The van der Waals surface area contributed by atoms with Crippen molar-refractivity contribution in [2.75, 3.05) is 0 Å². The van der Waals surface area contributed by atoms with Gasteiger partial charge >= 0.3 is 58.2 Å². The monoisotopic (exact) mass is 1360 g/mol. The van der Waals surface area contributed by atoms with Crippen LogP contribution in [-0.2, 0) is 65.4 Å². The fourth-order valence-corrected chi connectivity index (χ4v) is 9.95. The van der Waals surface area contributed by atoms with Crippen LogP contribution in [0.1, 0.15) is 0 Å². The molecule has 0 amide bonds. The molecule has 2 aliphatic heterocycles. The number of benzene rings is 4. The van der Waals surface area contributed by atoms with Gasteiger partial charge < -0.3 is 20.8 Å². The van der Waals surface area contributed by atoms with Crippen molar-refractivity contribution in [1.82, 2.24) is 66.5 Å². The standard InChI is InChI=1S/2C12H8N2.C8H6N2.C7H5N3.C7H7N2.C6H6N3.C6H4N2Se.C5H3N3S.2Y/c1-3-9-5-6-10-4-2-8-14-12(10)11(9)13-7-1;1-2-6-10-9(5-1)13-11-7-3-4-8-12(11)14-10;1-2-7-6-9-5-3-8(7)10-4-1;1-2-8-5-7-6(1)9-3-4-10-7;1-2-4-7-6(3-1)8-5-9-7;2*1-2-4-6-5(3-1)7-9-8-6;1-2-6-3-5-4(1)7-9-8-5;;/h2*1-8H;1-6H;1-5H;1-7H;1-6H;1-4H;1-3H;;/q;;;;2*-1;;;;. The molecule has 2 radical (unpaired) electrons. The minimum Gasteiger partial charge on any atom is -0.264 e. The van der Waals surface area contributed by atoms with Crippen LogP contribution < -0.4 is 0 Å². The normalized spacial score (nSPS) is 15.6. The van der Waals surface area contributed by atoms with Crippen molar-refractivity contribution in [3.05, 3.63) is 267 Å². The van der Waals surface area contributed by atoms with Crippen molar-refractivity contribution >= 4 is 121 Å². The molecular weight excluding hydrogens is 1310 g/mol. The quantitative estimate of drug-likeness (QED) is 0.0778. The predicted octanol–water partition coefficient (Wildman–Crippen LogP) is 12.9. The summed E-state index contributed by atoms with van der Waals surface area (Å²) in [5, 5.41) is 14.9. The third-order valence-electron chi connectivity index (χ3n) is 12.5. The molecule has 0 fully saturated rings. The molecule has 14 aromatic rings. The number of para-hydroxylation sites is 4. The number of hydrogen-bond donors (Lipinski definition) is 0. The molecule has 19 nitrogen and oxygen atoms in total. The molecule has 18 rings (SSSR count). The SMILES string of the molecule is C1=CC2N=C[N-]C2C=C1.C1=CC2N=N[N-]C2C=C1.[Y].[Y].c1cc2nccnc2cn1.c1cc2nsnc2cn1.c1ccc2n[se]nc2c1.c1ccc2nc3ccccc3nc2c1.c1cnc2c(c1)ccc1cccnc12.c1cnc2ccncc2c1. The molecule has 4 aliphatic rings. The first kappa shape index (κ1) is 62.0. The summed E-state index contributed by atoms with van der Waals surface area (Å²) >= 11 is 1.34. The third-order valence-corrected chi connectivity index (χ3v) is 14.2. The Morgan fingerprint density at radius 1 is 0.372 bits per heavy atom. The molecule has 4 atom stereocenters. The average molecular weight is 1360 g/mol. The number of fused-ring (bicyclic) bond motifs is 11. The Bertz CT molecular complexity index is 4090. The van der Waals surface area contributed by atoms with Crippen LogP contribution in [-0.4, -0.2) is 112 Å². The molecule has 0 saturated heterocycles. The number of allylic oxidation sites excluding steroid dienone is 4. The number of nitrogens with zero attached hydrogens (tertiary/aromatic N) is 19. The van der Waals surface area contributed by atoms with E-state index in [1.54, 1.807) is 68.3 Å². The minimum absolute atomic E-state index is 0. The summed E-state index contributed by atoms with van der Waals surface area (Å²) in [5.41, 5.74) is 16.3. The summed E-state index contributed by atoms with van der Waals surface area (Å²) in [6.07, 6.45) is 36.8. The maximum absolute atomic E-state index is 4.52. The van der Waals surface area contributed by atoms with Crippen molar-refractivity contribution in [1.29, 1.82) is 0 Å². The second-order valence-electron chi connectivity index (χ2n) is 18.0. The van der Waals surface area contributed by atoms with Crippen LogP contribution >= 0.6 is 11.7 Å². The van der Waals surface area contributed by atoms with Crippen LogP contribution in [0.3, 0.4) is 0 Å². The van der Waals surface area contributed by atoms with Crippen LogP contribution in [0.15, 0.2) is 272 Å². The average Bonchev–Trinajstić information content (AvgIpc) is 3.38. The van der Waals surface area contributed by atoms with Crippen molar-refractivity contribution < 1.29 is 65.4 Å². The molecule has 10 aromatic heterocycles. The topological polar surface area (TPSA) is 246 Å². The van der Waals surface area contributed by atoms with Crippen molar-refractivity contribution in [3.8, 4) is 0 Å². The van der Waals surface area contributed by atoms with E-state index < -0.39 is 0 Å². The Balaban J connectivity index is 0.000000118. The van der Waals surface area contributed by atoms with Gasteiger partial charge in [-0.15, -0.1) is 6.34 Å². The molecule has 0 N–H and O–H groups in total. The minimum atomic E-state index is 0. The Hall–Kier alpha value is -8.52. The Morgan fingerprint density at radius 2 is 0.860 bits per heavy atom. The summed E-state index contributed by atoms with van der Waals surface area (Å²) in [5.74, 6) is 0. The van der Waals surface area contributed by atoms with E-state index in [4.69, 9.17) is 0 Å². The Morgan fingerprint density at radius 3 is 1.44 bits per heavy atom. The zero-order chi connectivity index (χ0) is 56.8. The van der Waals surface area contributed by atoms with E-state index in [0.29, 0.717) is 12.1 Å². The molecule has 414 valence electrons. The molecule has 0 spiro atoms. The fourth-order valence-electron chi connectivity index (χ4n) is 8.34. The van der Waals surface area contributed by atoms with Crippen molar-refractivity contribution in [2.24, 2.45) is 15.3 Å². The second-order valence-corrected chi connectivity index (χ2v) is 19.7. The van der Waals surface area contributed by atoms with Crippen LogP contribution in [0.2, 0.25) is 0 Å². The van der Waals surface area contributed by atoms with E-state index in [1.165, 1.54) is 11.7 Å². The summed E-state index contributed by atoms with van der Waals surface area (Å²) in [4.78, 5) is 45.9. The molecule has 0 bridgehead atoms. The number of pyridine rings is 6. The van der Waals surface area contributed by atoms with Gasteiger partial charge in [0.05, 0.1) is 68.3 Å². The molecule has 23 heteroatoms. The Kier molecular flexibility index (Phi) is 23.6. The van der Waals surface area contributed by atoms with E-state index in [-0.39, 0.29) is 92.5 Å². The summed E-state index contributed by atoms with van der Waals surface area (Å²) in [7, 11) is 0. The molecule has 4 unspecified atom stereocenters. The van der Waals surface area contributed by atoms with E-state index in [1.807, 2.05) is 158 Å². The molecular formula is C63H47N19SSeY2-2. The van der Waals surface area contributed by atoms with Crippen LogP contribution in [0.4, 0.5) is 0 Å². The van der Waals surface area contributed by atoms with E-state index in [0.717, 1.165) is 87.9 Å². The maximum Gasteiger partial charge on any atom is 0.0964 e. The van der Waals surface area contributed by atoms with Crippen LogP contribution in [0.25, 0.3) is 98.6 Å². The van der Waals surface area contributed by atoms with Gasteiger partial charge in [0.1, 0.15) is 16.6 Å². The van der Waals surface area contributed by atoms with Gasteiger partial charge in [-0.1, -0.05) is 97.1 Å². The van der Waals surface area contributed by atoms with E-state index >= 15 is 0 Å². The van der Waals surface area contributed by atoms with Crippen molar-refractivity contribution in [3.63, 3.8) is 0 Å². The number of rotatable bonds is 0. The summed E-state index contributed by atoms with van der Waals surface area (Å²) in [6, 6.07) is 46.4. The maximum atomic E-state index is 4.52. The van der Waals surface area contributed by atoms with E-state index in [9.17, 15) is 0 Å². The molecule has 86 heavy (non-hydrogen) atoms. The number of aromatic nitrogens is 14. The molecule has 12 heterocycles. The third kappa shape index (κ3) is 17.1. The molecule has 0 saturated carbocycles. The van der Waals surface area contributed by atoms with Crippen LogP contribution in [0.5, 0.6) is 0 Å². The largest absolute Gasteiger partial charge is 0.264 e. The van der Waals surface area contributed by atoms with Gasteiger partial charge in [0.25, 0.3) is 0 Å². The molecule has 4 aromatic carbocycles. The van der Waals surface area contributed by atoms with Gasteiger partial charge in [-0.2, -0.15) is 8.75 Å². The second kappa shape index (κ2) is 32.7. The Labute approximate surface area is 554 Å². The first-order valence-corrected chi connectivity index (χ1v) is 28.5. The zero-order valence-corrected chi connectivity index (χ0v) is 53.8. The first-order valence-electron chi connectivity index (χ1n) is 26.3. The smallest absolute Gasteiger partial charge is 0.0964 e. The van der Waals surface area contributed by atoms with Gasteiger partial charge in [0.2, 0.25) is 0 Å². The number of aliphatic imine (C=N–C) groups is 1. The fraction of sp³-hybridized carbons (Fsp3) is 0.0635.